The van der Waals surface area contributed by atoms with Crippen molar-refractivity contribution in [2.75, 3.05) is 32.3 Å². The Morgan fingerprint density at radius 1 is 1.19 bits per heavy atom. The Labute approximate surface area is 127 Å². The van der Waals surface area contributed by atoms with Crippen molar-refractivity contribution in [3.63, 3.8) is 0 Å². The van der Waals surface area contributed by atoms with E-state index in [1.54, 1.807) is 21.1 Å². The zero-order valence-electron chi connectivity index (χ0n) is 13.2. The zero-order chi connectivity index (χ0) is 15.9. The second kappa shape index (κ2) is 8.24. The predicted octanol–water partition coefficient (Wildman–Crippen LogP) is 1.66. The summed E-state index contributed by atoms with van der Waals surface area (Å²) in [6.45, 7) is 4.18. The zero-order valence-corrected chi connectivity index (χ0v) is 14.0. The number of ether oxygens (including phenoxy) is 2. The van der Waals surface area contributed by atoms with Gasteiger partial charge in [-0.3, -0.25) is 0 Å². The van der Waals surface area contributed by atoms with Gasteiger partial charge < -0.3 is 14.8 Å². The molecule has 1 unspecified atom stereocenters. The van der Waals surface area contributed by atoms with E-state index >= 15 is 0 Å². The highest BCUT2D eigenvalue weighted by Gasteiger charge is 2.10. The standard InChI is InChI=1S/C15H25NO4S/c1-5-21(17,18)9-8-16-12(2)10-13-6-7-14(19-3)15(11-13)20-4/h6-7,11-12,16H,5,8-10H2,1-4H3. The van der Waals surface area contributed by atoms with Gasteiger partial charge in [0.25, 0.3) is 0 Å². The van der Waals surface area contributed by atoms with Gasteiger partial charge in [0.15, 0.2) is 21.3 Å². The minimum Gasteiger partial charge on any atom is -0.493 e. The van der Waals surface area contributed by atoms with Crippen LogP contribution in [0.4, 0.5) is 0 Å². The molecular weight excluding hydrogens is 290 g/mol. The van der Waals surface area contributed by atoms with Gasteiger partial charge in [-0.1, -0.05) is 13.0 Å². The van der Waals surface area contributed by atoms with Crippen molar-refractivity contribution in [2.45, 2.75) is 26.3 Å². The first-order valence-electron chi connectivity index (χ1n) is 7.06. The Bertz CT molecular complexity index is 543. The van der Waals surface area contributed by atoms with E-state index in [2.05, 4.69) is 5.32 Å². The molecule has 1 atom stereocenters. The van der Waals surface area contributed by atoms with E-state index in [4.69, 9.17) is 9.47 Å². The first-order valence-corrected chi connectivity index (χ1v) is 8.88. The van der Waals surface area contributed by atoms with Crippen molar-refractivity contribution in [3.05, 3.63) is 23.8 Å². The molecule has 0 radical (unpaired) electrons. The Hall–Kier alpha value is -1.27. The summed E-state index contributed by atoms with van der Waals surface area (Å²) in [6, 6.07) is 6.00. The maximum Gasteiger partial charge on any atom is 0.160 e. The highest BCUT2D eigenvalue weighted by Crippen LogP contribution is 2.27. The van der Waals surface area contributed by atoms with Gasteiger partial charge in [-0.25, -0.2) is 8.42 Å². The summed E-state index contributed by atoms with van der Waals surface area (Å²) in [5, 5.41) is 3.24. The number of hydrogen-bond acceptors (Lipinski definition) is 5. The maximum atomic E-state index is 11.4. The quantitative estimate of drug-likeness (QED) is 0.751. The average Bonchev–Trinajstić information content (AvgIpc) is 2.46. The number of sulfone groups is 1. The monoisotopic (exact) mass is 315 g/mol. The van der Waals surface area contributed by atoms with Crippen molar-refractivity contribution >= 4 is 9.84 Å². The van der Waals surface area contributed by atoms with Crippen molar-refractivity contribution < 1.29 is 17.9 Å². The van der Waals surface area contributed by atoms with Crippen LogP contribution in [-0.2, 0) is 16.3 Å². The van der Waals surface area contributed by atoms with Crippen LogP contribution < -0.4 is 14.8 Å². The van der Waals surface area contributed by atoms with Crippen molar-refractivity contribution in [3.8, 4) is 11.5 Å². The summed E-state index contributed by atoms with van der Waals surface area (Å²) in [6.07, 6.45) is 0.798. The van der Waals surface area contributed by atoms with Crippen molar-refractivity contribution in [1.29, 1.82) is 0 Å². The minimum atomic E-state index is -2.91. The molecule has 0 bridgehead atoms. The Balaban J connectivity index is 2.53. The van der Waals surface area contributed by atoms with Crippen LogP contribution in [-0.4, -0.2) is 46.7 Å². The third kappa shape index (κ3) is 5.93. The van der Waals surface area contributed by atoms with Crippen molar-refractivity contribution in [2.24, 2.45) is 0 Å². The second-order valence-corrected chi connectivity index (χ2v) is 7.46. The molecule has 0 aromatic heterocycles. The van der Waals surface area contributed by atoms with Gasteiger partial charge in [-0.15, -0.1) is 0 Å². The molecule has 0 saturated carbocycles. The summed E-state index contributed by atoms with van der Waals surface area (Å²) in [5.74, 6) is 1.78. The molecular formula is C15H25NO4S. The molecule has 0 amide bonds. The van der Waals surface area contributed by atoms with Crippen LogP contribution in [0.15, 0.2) is 18.2 Å². The minimum absolute atomic E-state index is 0.180. The smallest absolute Gasteiger partial charge is 0.160 e. The number of hydrogen-bond donors (Lipinski definition) is 1. The molecule has 1 rings (SSSR count). The first kappa shape index (κ1) is 17.8. The number of methoxy groups -OCH3 is 2. The fourth-order valence-electron chi connectivity index (χ4n) is 2.04. The highest BCUT2D eigenvalue weighted by molar-refractivity contribution is 7.91. The molecule has 0 aliphatic heterocycles. The normalized spacial score (nSPS) is 13.0. The van der Waals surface area contributed by atoms with Crippen LogP contribution in [0.1, 0.15) is 19.4 Å². The fourth-order valence-corrected chi connectivity index (χ4v) is 2.76. The molecule has 1 aromatic rings. The maximum absolute atomic E-state index is 11.4. The van der Waals surface area contributed by atoms with Crippen LogP contribution in [0.3, 0.4) is 0 Å². The number of benzene rings is 1. The SMILES string of the molecule is CCS(=O)(=O)CCNC(C)Cc1ccc(OC)c(OC)c1. The molecule has 5 nitrogen and oxygen atoms in total. The Kier molecular flexibility index (Phi) is 6.98. The predicted molar refractivity (Wildman–Crippen MR) is 85.0 cm³/mol. The Morgan fingerprint density at radius 2 is 1.86 bits per heavy atom. The Morgan fingerprint density at radius 3 is 2.43 bits per heavy atom. The first-order chi connectivity index (χ1) is 9.91. The average molecular weight is 315 g/mol. The van der Waals surface area contributed by atoms with Crippen LogP contribution >= 0.6 is 0 Å². The van der Waals surface area contributed by atoms with Crippen LogP contribution in [0.25, 0.3) is 0 Å². The number of rotatable bonds is 9. The van der Waals surface area contributed by atoms with E-state index in [1.165, 1.54) is 0 Å². The lowest BCUT2D eigenvalue weighted by atomic mass is 10.1. The van der Waals surface area contributed by atoms with Gasteiger partial charge in [-0.05, 0) is 31.0 Å². The fraction of sp³-hybridized carbons (Fsp3) is 0.600. The van der Waals surface area contributed by atoms with E-state index in [0.717, 1.165) is 12.0 Å². The number of nitrogens with one attached hydrogen (secondary N) is 1. The summed E-state index contributed by atoms with van der Waals surface area (Å²) in [7, 11) is 0.310. The molecule has 1 N–H and O–H groups in total. The van der Waals surface area contributed by atoms with Crippen LogP contribution in [0.2, 0.25) is 0 Å². The van der Waals surface area contributed by atoms with Gasteiger partial charge in [-0.2, -0.15) is 0 Å². The van der Waals surface area contributed by atoms with Crippen LogP contribution in [0.5, 0.6) is 11.5 Å². The van der Waals surface area contributed by atoms with E-state index in [-0.39, 0.29) is 17.5 Å². The van der Waals surface area contributed by atoms with Gasteiger partial charge in [0.05, 0.1) is 20.0 Å². The van der Waals surface area contributed by atoms with Gasteiger partial charge in [0.2, 0.25) is 0 Å². The second-order valence-electron chi connectivity index (χ2n) is 4.99. The third-order valence-corrected chi connectivity index (χ3v) is 5.04. The molecule has 0 aliphatic carbocycles. The van der Waals surface area contributed by atoms with Gasteiger partial charge in [0.1, 0.15) is 0 Å². The summed E-state index contributed by atoms with van der Waals surface area (Å²) in [5.41, 5.74) is 1.12. The molecule has 0 spiro atoms. The highest BCUT2D eigenvalue weighted by atomic mass is 32.2. The summed E-state index contributed by atoms with van der Waals surface area (Å²) in [4.78, 5) is 0. The molecule has 0 fully saturated rings. The topological polar surface area (TPSA) is 64.6 Å². The van der Waals surface area contributed by atoms with Gasteiger partial charge in [0, 0.05) is 18.3 Å². The van der Waals surface area contributed by atoms with Gasteiger partial charge >= 0.3 is 0 Å². The summed E-state index contributed by atoms with van der Waals surface area (Å²) < 4.78 is 33.3. The third-order valence-electron chi connectivity index (χ3n) is 3.34. The van der Waals surface area contributed by atoms with E-state index in [9.17, 15) is 8.42 Å². The molecule has 0 heterocycles. The lowest BCUT2D eigenvalue weighted by molar-refractivity contribution is 0.354. The molecule has 0 saturated heterocycles. The van der Waals surface area contributed by atoms with E-state index in [0.29, 0.717) is 18.0 Å². The molecule has 1 aromatic carbocycles. The van der Waals surface area contributed by atoms with Crippen molar-refractivity contribution in [1.82, 2.24) is 5.32 Å². The van der Waals surface area contributed by atoms with E-state index in [1.807, 2.05) is 25.1 Å². The largest absolute Gasteiger partial charge is 0.493 e. The molecule has 6 heteroatoms. The lowest BCUT2D eigenvalue weighted by Gasteiger charge is -2.15. The summed E-state index contributed by atoms with van der Waals surface area (Å²) >= 11 is 0. The lowest BCUT2D eigenvalue weighted by Crippen LogP contribution is -2.32. The molecule has 0 aliphatic rings. The van der Waals surface area contributed by atoms with Crippen LogP contribution in [0, 0.1) is 0 Å². The molecule has 21 heavy (non-hydrogen) atoms. The molecule has 120 valence electrons. The van der Waals surface area contributed by atoms with E-state index < -0.39 is 9.84 Å².